The number of rotatable bonds is 3. The van der Waals surface area contributed by atoms with Crippen LogP contribution in [0.1, 0.15) is 28.9 Å². The molecule has 1 amide bonds. The second-order valence-electron chi connectivity index (χ2n) is 6.33. The number of carbonyl (C=O) groups excluding carboxylic acids is 1. The Bertz CT molecular complexity index is 1060. The first kappa shape index (κ1) is 16.0. The number of thioether (sulfide) groups is 1. The summed E-state index contributed by atoms with van der Waals surface area (Å²) in [7, 11) is 0. The molecule has 1 atom stereocenters. The predicted octanol–water partition coefficient (Wildman–Crippen LogP) is 4.09. The Hall–Kier alpha value is -2.53. The van der Waals surface area contributed by atoms with Gasteiger partial charge in [0.2, 0.25) is 5.43 Å². The molecule has 4 rings (SSSR count). The van der Waals surface area contributed by atoms with Crippen LogP contribution in [0.5, 0.6) is 0 Å². The monoisotopic (exact) mass is 350 g/mol. The van der Waals surface area contributed by atoms with Gasteiger partial charge in [0.1, 0.15) is 5.56 Å². The Kier molecular flexibility index (Phi) is 3.88. The smallest absolute Gasteiger partial charge is 0.261 e. The standard InChI is InChI=1S/C20H18N2O2S/c1-12-9-13-5-3-8-16-18(13)22(12)11-17(19(16)23)20(24)21-14-6-4-7-15(10-14)25-2/h3-8,10-12H,9H2,1-2H3,(H,21,24)/t12-/m1/s1. The predicted molar refractivity (Wildman–Crippen MR) is 103 cm³/mol. The third-order valence-electron chi connectivity index (χ3n) is 4.70. The lowest BCUT2D eigenvalue weighted by molar-refractivity contribution is 0.102. The fourth-order valence-electron chi connectivity index (χ4n) is 3.48. The highest BCUT2D eigenvalue weighted by atomic mass is 32.2. The van der Waals surface area contributed by atoms with Gasteiger partial charge in [-0.15, -0.1) is 11.8 Å². The average molecular weight is 350 g/mol. The van der Waals surface area contributed by atoms with Crippen molar-refractivity contribution >= 4 is 34.3 Å². The van der Waals surface area contributed by atoms with E-state index in [1.807, 2.05) is 36.6 Å². The molecule has 0 saturated carbocycles. The molecule has 2 heterocycles. The van der Waals surface area contributed by atoms with Crippen LogP contribution in [0.15, 0.2) is 58.4 Å². The molecular weight excluding hydrogens is 332 g/mol. The molecule has 0 unspecified atom stereocenters. The van der Waals surface area contributed by atoms with Crippen LogP contribution in [0.4, 0.5) is 5.69 Å². The first-order valence-corrected chi connectivity index (χ1v) is 9.43. The van der Waals surface area contributed by atoms with Gasteiger partial charge in [-0.3, -0.25) is 9.59 Å². The SMILES string of the molecule is CSc1cccc(NC(=O)c2cn3c4c(cccc4c2=O)C[C@H]3C)c1. The van der Waals surface area contributed by atoms with Crippen molar-refractivity contribution in [1.82, 2.24) is 4.57 Å². The topological polar surface area (TPSA) is 51.1 Å². The van der Waals surface area contributed by atoms with Crippen LogP contribution in [0, 0.1) is 0 Å². The summed E-state index contributed by atoms with van der Waals surface area (Å²) >= 11 is 1.61. The molecule has 0 radical (unpaired) electrons. The minimum absolute atomic E-state index is 0.188. The van der Waals surface area contributed by atoms with Gasteiger partial charge >= 0.3 is 0 Å². The Labute approximate surface area is 149 Å². The second-order valence-corrected chi connectivity index (χ2v) is 7.21. The molecule has 1 aliphatic heterocycles. The fourth-order valence-corrected chi connectivity index (χ4v) is 3.94. The van der Waals surface area contributed by atoms with Crippen molar-refractivity contribution in [2.75, 3.05) is 11.6 Å². The van der Waals surface area contributed by atoms with E-state index in [1.165, 1.54) is 5.56 Å². The van der Waals surface area contributed by atoms with E-state index < -0.39 is 0 Å². The van der Waals surface area contributed by atoms with Crippen LogP contribution in [0.3, 0.4) is 0 Å². The number of benzene rings is 2. The Morgan fingerprint density at radius 3 is 2.84 bits per heavy atom. The average Bonchev–Trinajstić information content (AvgIpc) is 2.94. The van der Waals surface area contributed by atoms with Crippen LogP contribution in [-0.4, -0.2) is 16.7 Å². The number of nitrogens with one attached hydrogen (secondary N) is 1. The quantitative estimate of drug-likeness (QED) is 0.724. The maximum Gasteiger partial charge on any atom is 0.261 e. The summed E-state index contributed by atoms with van der Waals surface area (Å²) in [5.74, 6) is -0.363. The van der Waals surface area contributed by atoms with Gasteiger partial charge in [0.15, 0.2) is 0 Å². The molecule has 1 aliphatic rings. The molecule has 0 saturated heterocycles. The first-order chi connectivity index (χ1) is 12.1. The first-order valence-electron chi connectivity index (χ1n) is 8.20. The second kappa shape index (κ2) is 6.08. The van der Waals surface area contributed by atoms with Crippen LogP contribution in [0.25, 0.3) is 10.9 Å². The molecule has 2 aromatic carbocycles. The molecule has 3 aromatic rings. The summed E-state index contributed by atoms with van der Waals surface area (Å²) in [5.41, 5.74) is 2.80. The van der Waals surface area contributed by atoms with Crippen LogP contribution < -0.4 is 10.7 Å². The molecule has 4 nitrogen and oxygen atoms in total. The van der Waals surface area contributed by atoms with E-state index in [0.717, 1.165) is 16.8 Å². The molecular formula is C20H18N2O2S. The van der Waals surface area contributed by atoms with E-state index in [-0.39, 0.29) is 22.9 Å². The van der Waals surface area contributed by atoms with Crippen molar-refractivity contribution in [2.24, 2.45) is 0 Å². The van der Waals surface area contributed by atoms with Gasteiger partial charge in [-0.05, 0) is 49.4 Å². The Balaban J connectivity index is 1.79. The molecule has 126 valence electrons. The maximum absolute atomic E-state index is 12.8. The number of hydrogen-bond acceptors (Lipinski definition) is 3. The number of nitrogens with zero attached hydrogens (tertiary/aromatic N) is 1. The van der Waals surface area contributed by atoms with Gasteiger partial charge in [0.05, 0.1) is 5.52 Å². The number of pyridine rings is 1. The van der Waals surface area contributed by atoms with E-state index in [0.29, 0.717) is 11.1 Å². The van der Waals surface area contributed by atoms with Gasteiger partial charge < -0.3 is 9.88 Å². The van der Waals surface area contributed by atoms with Crippen molar-refractivity contribution in [2.45, 2.75) is 24.3 Å². The highest BCUT2D eigenvalue weighted by Crippen LogP contribution is 2.31. The zero-order chi connectivity index (χ0) is 17.6. The third kappa shape index (κ3) is 2.65. The molecule has 5 heteroatoms. The number of hydrogen-bond donors (Lipinski definition) is 1. The molecule has 0 aliphatic carbocycles. The molecule has 0 spiro atoms. The summed E-state index contributed by atoms with van der Waals surface area (Å²) in [6, 6.07) is 13.6. The van der Waals surface area contributed by atoms with E-state index in [2.05, 4.69) is 22.9 Å². The summed E-state index contributed by atoms with van der Waals surface area (Å²) < 4.78 is 2.05. The largest absolute Gasteiger partial charge is 0.343 e. The van der Waals surface area contributed by atoms with Crippen molar-refractivity contribution in [3.63, 3.8) is 0 Å². The summed E-state index contributed by atoms with van der Waals surface area (Å²) in [4.78, 5) is 26.6. The van der Waals surface area contributed by atoms with Crippen molar-refractivity contribution in [1.29, 1.82) is 0 Å². The fraction of sp³-hybridized carbons (Fsp3) is 0.200. The Morgan fingerprint density at radius 2 is 2.04 bits per heavy atom. The van der Waals surface area contributed by atoms with E-state index in [9.17, 15) is 9.59 Å². The summed E-state index contributed by atoms with van der Waals surface area (Å²) in [6.45, 7) is 2.10. The van der Waals surface area contributed by atoms with Gasteiger partial charge in [-0.2, -0.15) is 0 Å². The lowest BCUT2D eigenvalue weighted by Gasteiger charge is -2.13. The number of carbonyl (C=O) groups is 1. The van der Waals surface area contributed by atoms with Crippen LogP contribution >= 0.6 is 11.8 Å². The van der Waals surface area contributed by atoms with Gasteiger partial charge in [-0.1, -0.05) is 18.2 Å². The van der Waals surface area contributed by atoms with E-state index in [4.69, 9.17) is 0 Å². The lowest BCUT2D eigenvalue weighted by atomic mass is 10.1. The van der Waals surface area contributed by atoms with E-state index in [1.54, 1.807) is 24.0 Å². The third-order valence-corrected chi connectivity index (χ3v) is 5.42. The van der Waals surface area contributed by atoms with Gasteiger partial charge in [-0.25, -0.2) is 0 Å². The van der Waals surface area contributed by atoms with Gasteiger partial charge in [0.25, 0.3) is 5.91 Å². The zero-order valence-electron chi connectivity index (χ0n) is 14.1. The number of para-hydroxylation sites is 1. The molecule has 0 bridgehead atoms. The lowest BCUT2D eigenvalue weighted by Crippen LogP contribution is -2.23. The molecule has 1 aromatic heterocycles. The normalized spacial score (nSPS) is 15.5. The summed E-state index contributed by atoms with van der Waals surface area (Å²) in [5, 5.41) is 3.47. The maximum atomic E-state index is 12.8. The molecule has 25 heavy (non-hydrogen) atoms. The van der Waals surface area contributed by atoms with Crippen LogP contribution in [-0.2, 0) is 6.42 Å². The molecule has 0 fully saturated rings. The number of anilines is 1. The van der Waals surface area contributed by atoms with Crippen molar-refractivity contribution in [3.05, 3.63) is 70.0 Å². The van der Waals surface area contributed by atoms with Gasteiger partial charge in [0, 0.05) is 28.2 Å². The minimum Gasteiger partial charge on any atom is -0.343 e. The Morgan fingerprint density at radius 1 is 1.24 bits per heavy atom. The highest BCUT2D eigenvalue weighted by Gasteiger charge is 2.24. The van der Waals surface area contributed by atoms with Crippen molar-refractivity contribution < 1.29 is 4.79 Å². The van der Waals surface area contributed by atoms with Crippen LogP contribution in [0.2, 0.25) is 0 Å². The number of amides is 1. The molecule has 1 N–H and O–H groups in total. The zero-order valence-corrected chi connectivity index (χ0v) is 14.9. The van der Waals surface area contributed by atoms with Crippen molar-refractivity contribution in [3.8, 4) is 0 Å². The minimum atomic E-state index is -0.363. The number of aromatic nitrogens is 1. The highest BCUT2D eigenvalue weighted by molar-refractivity contribution is 7.98. The van der Waals surface area contributed by atoms with E-state index >= 15 is 0 Å². The summed E-state index contributed by atoms with van der Waals surface area (Å²) in [6.07, 6.45) is 4.58.